The van der Waals surface area contributed by atoms with Crippen molar-refractivity contribution in [1.82, 2.24) is 0 Å². The lowest BCUT2D eigenvalue weighted by molar-refractivity contribution is -0.115. The molecule has 0 radical (unpaired) electrons. The van der Waals surface area contributed by atoms with Gasteiger partial charge in [0, 0.05) is 11.4 Å². The lowest BCUT2D eigenvalue weighted by Crippen LogP contribution is -2.29. The number of nitrogens with zero attached hydrogens (tertiary/aromatic N) is 2. The van der Waals surface area contributed by atoms with Gasteiger partial charge in [-0.1, -0.05) is 110 Å². The van der Waals surface area contributed by atoms with Crippen molar-refractivity contribution in [3.8, 4) is 0 Å². The maximum atomic E-state index is 14.3. The zero-order valence-electron chi connectivity index (χ0n) is 20.7. The van der Waals surface area contributed by atoms with Crippen LogP contribution in [-0.2, 0) is 9.59 Å². The van der Waals surface area contributed by atoms with Crippen molar-refractivity contribution in [3.63, 3.8) is 0 Å². The van der Waals surface area contributed by atoms with Crippen LogP contribution in [0.15, 0.2) is 133 Å². The van der Waals surface area contributed by atoms with Crippen LogP contribution in [0.3, 0.4) is 0 Å². The minimum Gasteiger partial charge on any atom is -0.275 e. The van der Waals surface area contributed by atoms with Gasteiger partial charge in [-0.3, -0.25) is 19.4 Å². The SMILES string of the molecule is C=Cc1ccc(N2C(=O)C3=C(c4ccccc4)N(c4ccc(C=C)cc4)C(=O)C3=C2c2ccccc2)cc1. The second kappa shape index (κ2) is 9.34. The molecule has 4 aromatic carbocycles. The molecule has 0 saturated heterocycles. The van der Waals surface area contributed by atoms with E-state index in [4.69, 9.17) is 0 Å². The Labute approximate surface area is 221 Å². The molecule has 2 heterocycles. The van der Waals surface area contributed by atoms with Crippen LogP contribution in [-0.4, -0.2) is 11.8 Å². The molecule has 6 rings (SSSR count). The number of rotatable bonds is 6. The smallest absolute Gasteiger partial charge is 0.265 e. The molecule has 182 valence electrons. The van der Waals surface area contributed by atoms with Crippen LogP contribution < -0.4 is 9.80 Å². The molecule has 4 nitrogen and oxygen atoms in total. The fourth-order valence-corrected chi connectivity index (χ4v) is 5.05. The summed E-state index contributed by atoms with van der Waals surface area (Å²) in [4.78, 5) is 32.0. The van der Waals surface area contributed by atoms with Crippen molar-refractivity contribution < 1.29 is 9.59 Å². The van der Waals surface area contributed by atoms with E-state index in [1.165, 1.54) is 0 Å². The van der Waals surface area contributed by atoms with Gasteiger partial charge in [-0.2, -0.15) is 0 Å². The molecular weight excluding hydrogens is 468 g/mol. The molecule has 0 unspecified atom stereocenters. The van der Waals surface area contributed by atoms with Crippen molar-refractivity contribution in [2.75, 3.05) is 9.80 Å². The average molecular weight is 493 g/mol. The topological polar surface area (TPSA) is 40.6 Å². The normalized spacial score (nSPS) is 14.8. The average Bonchev–Trinajstić information content (AvgIpc) is 3.45. The fraction of sp³-hybridized carbons (Fsp3) is 0. The summed E-state index contributed by atoms with van der Waals surface area (Å²) in [5.41, 5.74) is 6.84. The van der Waals surface area contributed by atoms with E-state index in [-0.39, 0.29) is 11.8 Å². The number of amides is 2. The molecule has 0 aliphatic carbocycles. The third kappa shape index (κ3) is 3.62. The molecule has 38 heavy (non-hydrogen) atoms. The largest absolute Gasteiger partial charge is 0.275 e. The summed E-state index contributed by atoms with van der Waals surface area (Å²) in [5.74, 6) is -0.467. The van der Waals surface area contributed by atoms with Crippen molar-refractivity contribution in [1.29, 1.82) is 0 Å². The predicted octanol–water partition coefficient (Wildman–Crippen LogP) is 7.19. The number of benzene rings is 4. The number of hydrogen-bond donors (Lipinski definition) is 0. The Morgan fingerprint density at radius 2 is 0.816 bits per heavy atom. The first-order chi connectivity index (χ1) is 18.6. The maximum absolute atomic E-state index is 14.3. The molecular formula is C34H24N2O2. The zero-order valence-corrected chi connectivity index (χ0v) is 20.7. The summed E-state index contributed by atoms with van der Waals surface area (Å²) in [5, 5.41) is 0. The lowest BCUT2D eigenvalue weighted by atomic mass is 10.0. The Hall–Kier alpha value is -5.22. The van der Waals surface area contributed by atoms with Gasteiger partial charge in [-0.05, 0) is 46.5 Å². The highest BCUT2D eigenvalue weighted by Gasteiger charge is 2.49. The van der Waals surface area contributed by atoms with E-state index < -0.39 is 0 Å². The van der Waals surface area contributed by atoms with Gasteiger partial charge < -0.3 is 0 Å². The first-order valence-corrected chi connectivity index (χ1v) is 12.4. The third-order valence-electron chi connectivity index (χ3n) is 6.87. The Morgan fingerprint density at radius 1 is 0.474 bits per heavy atom. The lowest BCUT2D eigenvalue weighted by Gasteiger charge is -2.25. The van der Waals surface area contributed by atoms with Crippen LogP contribution in [0, 0.1) is 0 Å². The quantitative estimate of drug-likeness (QED) is 0.286. The summed E-state index contributed by atoms with van der Waals surface area (Å²) in [7, 11) is 0. The number of hydrogen-bond acceptors (Lipinski definition) is 2. The Kier molecular flexibility index (Phi) is 5.70. The van der Waals surface area contributed by atoms with Crippen molar-refractivity contribution in [2.45, 2.75) is 0 Å². The van der Waals surface area contributed by atoms with E-state index in [1.54, 1.807) is 22.0 Å². The standard InChI is InChI=1S/C34H24N2O2/c1-3-23-15-19-27(20-16-23)35-31(25-11-7-5-8-12-25)29-30(33(35)37)32(26-13-9-6-10-14-26)36(34(29)38)28-21-17-24(4-2)18-22-28/h3-22H,1-2H2. The third-order valence-corrected chi connectivity index (χ3v) is 6.87. The van der Waals surface area contributed by atoms with Crippen LogP contribution in [0.2, 0.25) is 0 Å². The molecule has 0 N–H and O–H groups in total. The number of carbonyl (C=O) groups excluding carboxylic acids is 2. The van der Waals surface area contributed by atoms with Crippen LogP contribution in [0.25, 0.3) is 23.5 Å². The van der Waals surface area contributed by atoms with E-state index in [0.29, 0.717) is 33.9 Å². The van der Waals surface area contributed by atoms with E-state index in [2.05, 4.69) is 13.2 Å². The van der Waals surface area contributed by atoms with Crippen molar-refractivity contribution in [3.05, 3.63) is 156 Å². The van der Waals surface area contributed by atoms with Crippen molar-refractivity contribution >= 4 is 46.7 Å². The highest BCUT2D eigenvalue weighted by Crippen LogP contribution is 2.49. The second-order valence-electron chi connectivity index (χ2n) is 9.05. The van der Waals surface area contributed by atoms with Gasteiger partial charge in [0.25, 0.3) is 11.8 Å². The second-order valence-corrected chi connectivity index (χ2v) is 9.05. The summed E-state index contributed by atoms with van der Waals surface area (Å²) in [6, 6.07) is 34.4. The Bertz CT molecular complexity index is 1520. The molecule has 4 aromatic rings. The Morgan fingerprint density at radius 3 is 1.13 bits per heavy atom. The maximum Gasteiger partial charge on any atom is 0.265 e. The molecule has 2 aliphatic rings. The first-order valence-electron chi connectivity index (χ1n) is 12.4. The first kappa shape index (κ1) is 23.2. The van der Waals surface area contributed by atoms with E-state index in [1.807, 2.05) is 109 Å². The molecule has 4 heteroatoms. The van der Waals surface area contributed by atoms with Crippen LogP contribution in [0.4, 0.5) is 11.4 Å². The molecule has 2 aliphatic heterocycles. The molecule has 0 saturated carbocycles. The minimum absolute atomic E-state index is 0.234. The minimum atomic E-state index is -0.234. The summed E-state index contributed by atoms with van der Waals surface area (Å²) < 4.78 is 0. The van der Waals surface area contributed by atoms with Gasteiger partial charge in [0.15, 0.2) is 0 Å². The zero-order chi connectivity index (χ0) is 26.2. The molecule has 0 bridgehead atoms. The highest BCUT2D eigenvalue weighted by atomic mass is 16.2. The summed E-state index contributed by atoms with van der Waals surface area (Å²) >= 11 is 0. The van der Waals surface area contributed by atoms with Crippen molar-refractivity contribution in [2.24, 2.45) is 0 Å². The predicted molar refractivity (Wildman–Crippen MR) is 155 cm³/mol. The van der Waals surface area contributed by atoms with E-state index in [0.717, 1.165) is 22.3 Å². The number of carbonyl (C=O) groups is 2. The van der Waals surface area contributed by atoms with Crippen LogP contribution in [0.1, 0.15) is 22.3 Å². The summed E-state index contributed by atoms with van der Waals surface area (Å²) in [6.07, 6.45) is 3.52. The molecule has 0 spiro atoms. The molecule has 0 aromatic heterocycles. The fourth-order valence-electron chi connectivity index (χ4n) is 5.05. The number of fused-ring (bicyclic) bond motifs is 1. The van der Waals surface area contributed by atoms with Gasteiger partial charge in [-0.15, -0.1) is 0 Å². The van der Waals surface area contributed by atoms with Gasteiger partial charge in [0.05, 0.1) is 22.5 Å². The summed E-state index contributed by atoms with van der Waals surface area (Å²) in [6.45, 7) is 7.66. The van der Waals surface area contributed by atoms with Gasteiger partial charge in [0.1, 0.15) is 0 Å². The Balaban J connectivity index is 1.64. The highest BCUT2D eigenvalue weighted by molar-refractivity contribution is 6.41. The number of anilines is 2. The van der Waals surface area contributed by atoms with Gasteiger partial charge in [-0.25, -0.2) is 0 Å². The molecule has 2 amide bonds. The van der Waals surface area contributed by atoms with Crippen LogP contribution >= 0.6 is 0 Å². The van der Waals surface area contributed by atoms with Crippen LogP contribution in [0.5, 0.6) is 0 Å². The molecule has 0 fully saturated rings. The van der Waals surface area contributed by atoms with Gasteiger partial charge in [0.2, 0.25) is 0 Å². The molecule has 0 atom stereocenters. The van der Waals surface area contributed by atoms with E-state index in [9.17, 15) is 9.59 Å². The van der Waals surface area contributed by atoms with E-state index >= 15 is 0 Å². The monoisotopic (exact) mass is 492 g/mol. The van der Waals surface area contributed by atoms with Gasteiger partial charge >= 0.3 is 0 Å².